The van der Waals surface area contributed by atoms with Crippen molar-refractivity contribution in [1.29, 1.82) is 0 Å². The average molecular weight is 320 g/mol. The predicted molar refractivity (Wildman–Crippen MR) is 76.5 cm³/mol. The molecule has 0 bridgehead atoms. The number of hydrogen-bond donors (Lipinski definition) is 1. The van der Waals surface area contributed by atoms with Gasteiger partial charge in [-0.3, -0.25) is 0 Å². The van der Waals surface area contributed by atoms with Crippen molar-refractivity contribution in [3.8, 4) is 0 Å². The Morgan fingerprint density at radius 2 is 1.63 bits per heavy atom. The second kappa shape index (κ2) is 6.10. The third-order valence-corrected chi connectivity index (χ3v) is 3.79. The summed E-state index contributed by atoms with van der Waals surface area (Å²) in [4.78, 5) is 0. The number of aliphatic hydroxyl groups excluding tert-OH is 1. The third-order valence-electron chi connectivity index (χ3n) is 2.79. The Morgan fingerprint density at radius 1 is 1.00 bits per heavy atom. The molecule has 1 nitrogen and oxygen atoms in total. The molecule has 100 valence electrons. The first-order chi connectivity index (χ1) is 8.99. The molecule has 0 heterocycles. The van der Waals surface area contributed by atoms with Gasteiger partial charge in [-0.25, -0.2) is 4.39 Å². The molecule has 0 saturated heterocycles. The summed E-state index contributed by atoms with van der Waals surface area (Å²) in [6.07, 6.45) is -0.615. The van der Waals surface area contributed by atoms with Crippen LogP contribution in [0.4, 0.5) is 4.39 Å². The molecule has 1 unspecified atom stereocenters. The molecule has 0 amide bonds. The predicted octanol–water partition coefficient (Wildman–Crippen LogP) is 5.06. The first kappa shape index (κ1) is 14.6. The lowest BCUT2D eigenvalue weighted by Gasteiger charge is -2.14. The summed E-state index contributed by atoms with van der Waals surface area (Å²) in [5, 5.41) is 11.1. The molecule has 0 aromatic heterocycles. The second-order valence-corrected chi connectivity index (χ2v) is 5.32. The number of hydrogen-bond acceptors (Lipinski definition) is 1. The van der Waals surface area contributed by atoms with Gasteiger partial charge >= 0.3 is 0 Å². The highest BCUT2D eigenvalue weighted by molar-refractivity contribution is 6.36. The van der Waals surface area contributed by atoms with E-state index >= 15 is 0 Å². The number of halogens is 4. The van der Waals surface area contributed by atoms with Gasteiger partial charge in [0.15, 0.2) is 0 Å². The molecule has 0 fully saturated rings. The van der Waals surface area contributed by atoms with Gasteiger partial charge in [-0.2, -0.15) is 0 Å². The summed E-state index contributed by atoms with van der Waals surface area (Å²) in [6.45, 7) is 0. The maximum atomic E-state index is 13.1. The Kier molecular flexibility index (Phi) is 4.69. The molecule has 5 heteroatoms. The molecular weight excluding hydrogens is 310 g/mol. The van der Waals surface area contributed by atoms with Crippen molar-refractivity contribution in [3.63, 3.8) is 0 Å². The van der Waals surface area contributed by atoms with Crippen molar-refractivity contribution in [3.05, 3.63) is 68.4 Å². The standard InChI is InChI=1S/C14H10Cl3FO/c15-10-2-1-3-11(16)9(10)7-14(19)8-4-5-13(18)12(17)6-8/h1-6,14,19H,7H2. The quantitative estimate of drug-likeness (QED) is 0.838. The van der Waals surface area contributed by atoms with Crippen LogP contribution in [0.5, 0.6) is 0 Å². The van der Waals surface area contributed by atoms with E-state index in [1.165, 1.54) is 18.2 Å². The highest BCUT2D eigenvalue weighted by atomic mass is 35.5. The van der Waals surface area contributed by atoms with Crippen LogP contribution in [0, 0.1) is 5.82 Å². The zero-order valence-corrected chi connectivity index (χ0v) is 12.0. The number of rotatable bonds is 3. The van der Waals surface area contributed by atoms with Crippen molar-refractivity contribution in [1.82, 2.24) is 0 Å². The van der Waals surface area contributed by atoms with Crippen LogP contribution in [0.15, 0.2) is 36.4 Å². The molecular formula is C14H10Cl3FO. The minimum absolute atomic E-state index is 0.0261. The van der Waals surface area contributed by atoms with E-state index < -0.39 is 11.9 Å². The first-order valence-electron chi connectivity index (χ1n) is 5.55. The highest BCUT2D eigenvalue weighted by Crippen LogP contribution is 2.30. The average Bonchev–Trinajstić information content (AvgIpc) is 2.37. The molecule has 0 saturated carbocycles. The zero-order valence-electron chi connectivity index (χ0n) is 9.71. The van der Waals surface area contributed by atoms with E-state index in [-0.39, 0.29) is 11.4 Å². The van der Waals surface area contributed by atoms with Crippen LogP contribution in [-0.4, -0.2) is 5.11 Å². The lowest BCUT2D eigenvalue weighted by molar-refractivity contribution is 0.178. The minimum atomic E-state index is -0.851. The topological polar surface area (TPSA) is 20.2 Å². The molecule has 2 aromatic carbocycles. The molecule has 1 atom stereocenters. The monoisotopic (exact) mass is 318 g/mol. The fourth-order valence-corrected chi connectivity index (χ4v) is 2.50. The van der Waals surface area contributed by atoms with Crippen LogP contribution in [0.1, 0.15) is 17.2 Å². The fraction of sp³-hybridized carbons (Fsp3) is 0.143. The van der Waals surface area contributed by atoms with Gasteiger partial charge in [0.2, 0.25) is 0 Å². The first-order valence-corrected chi connectivity index (χ1v) is 6.68. The van der Waals surface area contributed by atoms with Gasteiger partial charge in [0.25, 0.3) is 0 Å². The fourth-order valence-electron chi connectivity index (χ4n) is 1.76. The molecule has 1 N–H and O–H groups in total. The Balaban J connectivity index is 2.25. The van der Waals surface area contributed by atoms with Gasteiger partial charge in [0.1, 0.15) is 5.82 Å². The summed E-state index contributed by atoms with van der Waals surface area (Å²) in [7, 11) is 0. The molecule has 0 aliphatic heterocycles. The summed E-state index contributed by atoms with van der Waals surface area (Å²) in [6, 6.07) is 9.23. The van der Waals surface area contributed by atoms with E-state index in [1.54, 1.807) is 18.2 Å². The lowest BCUT2D eigenvalue weighted by atomic mass is 10.0. The molecule has 0 aliphatic carbocycles. The Bertz CT molecular complexity index is 581. The molecule has 2 aromatic rings. The van der Waals surface area contributed by atoms with Crippen molar-refractivity contribution in [2.75, 3.05) is 0 Å². The van der Waals surface area contributed by atoms with E-state index in [0.29, 0.717) is 21.2 Å². The third kappa shape index (κ3) is 3.40. The van der Waals surface area contributed by atoms with Crippen LogP contribution >= 0.6 is 34.8 Å². The second-order valence-electron chi connectivity index (χ2n) is 4.09. The summed E-state index contributed by atoms with van der Waals surface area (Å²) >= 11 is 17.8. The van der Waals surface area contributed by atoms with Crippen molar-refractivity contribution >= 4 is 34.8 Å². The van der Waals surface area contributed by atoms with Crippen LogP contribution in [0.3, 0.4) is 0 Å². The van der Waals surface area contributed by atoms with Gasteiger partial charge in [-0.05, 0) is 35.4 Å². The zero-order chi connectivity index (χ0) is 14.0. The highest BCUT2D eigenvalue weighted by Gasteiger charge is 2.14. The number of aliphatic hydroxyl groups is 1. The summed E-state index contributed by atoms with van der Waals surface area (Å²) in [5.74, 6) is -0.520. The normalized spacial score (nSPS) is 12.5. The van der Waals surface area contributed by atoms with E-state index in [9.17, 15) is 9.50 Å². The Labute approximate surface area is 125 Å². The van der Waals surface area contributed by atoms with Crippen LogP contribution in [-0.2, 0) is 6.42 Å². The van der Waals surface area contributed by atoms with E-state index in [0.717, 1.165) is 0 Å². The molecule has 0 aliphatic rings. The van der Waals surface area contributed by atoms with E-state index in [1.807, 2.05) is 0 Å². The maximum Gasteiger partial charge on any atom is 0.141 e. The minimum Gasteiger partial charge on any atom is -0.388 e. The van der Waals surface area contributed by atoms with Crippen LogP contribution in [0.25, 0.3) is 0 Å². The van der Waals surface area contributed by atoms with Crippen molar-refractivity contribution < 1.29 is 9.50 Å². The van der Waals surface area contributed by atoms with E-state index in [2.05, 4.69) is 0 Å². The van der Waals surface area contributed by atoms with Gasteiger partial charge in [0, 0.05) is 16.5 Å². The van der Waals surface area contributed by atoms with E-state index in [4.69, 9.17) is 34.8 Å². The van der Waals surface area contributed by atoms with Crippen molar-refractivity contribution in [2.24, 2.45) is 0 Å². The van der Waals surface area contributed by atoms with Gasteiger partial charge < -0.3 is 5.11 Å². The Hall–Kier alpha value is -0.800. The van der Waals surface area contributed by atoms with Crippen LogP contribution < -0.4 is 0 Å². The summed E-state index contributed by atoms with van der Waals surface area (Å²) < 4.78 is 13.1. The lowest BCUT2D eigenvalue weighted by Crippen LogP contribution is -2.03. The SMILES string of the molecule is OC(Cc1c(Cl)cccc1Cl)c1ccc(F)c(Cl)c1. The van der Waals surface area contributed by atoms with Gasteiger partial charge in [-0.15, -0.1) is 0 Å². The molecule has 19 heavy (non-hydrogen) atoms. The molecule has 0 radical (unpaired) electrons. The van der Waals surface area contributed by atoms with Gasteiger partial charge in [-0.1, -0.05) is 46.9 Å². The van der Waals surface area contributed by atoms with Crippen molar-refractivity contribution in [2.45, 2.75) is 12.5 Å². The van der Waals surface area contributed by atoms with Crippen LogP contribution in [0.2, 0.25) is 15.1 Å². The smallest absolute Gasteiger partial charge is 0.141 e. The van der Waals surface area contributed by atoms with Gasteiger partial charge in [0.05, 0.1) is 11.1 Å². The number of benzene rings is 2. The maximum absolute atomic E-state index is 13.1. The largest absolute Gasteiger partial charge is 0.388 e. The Morgan fingerprint density at radius 3 is 2.21 bits per heavy atom. The summed E-state index contributed by atoms with van der Waals surface area (Å²) in [5.41, 5.74) is 1.17. The molecule has 2 rings (SSSR count). The molecule has 0 spiro atoms.